The average molecular weight is 519 g/mol. The van der Waals surface area contributed by atoms with Crippen LogP contribution in [-0.4, -0.2) is 29.8 Å². The molecule has 0 spiro atoms. The molecular weight excluding hydrogens is 480 g/mol. The van der Waals surface area contributed by atoms with Crippen LogP contribution in [0.25, 0.3) is 33.5 Å². The molecule has 1 fully saturated rings. The maximum Gasteiger partial charge on any atom is 0.147 e. The van der Waals surface area contributed by atoms with Gasteiger partial charge in [0.15, 0.2) is 0 Å². The van der Waals surface area contributed by atoms with E-state index in [4.69, 9.17) is 20.4 Å². The van der Waals surface area contributed by atoms with Crippen molar-refractivity contribution in [3.8, 4) is 28.3 Å². The quantitative estimate of drug-likeness (QED) is 0.180. The minimum absolute atomic E-state index is 0.196. The fourth-order valence-corrected chi connectivity index (χ4v) is 4.68. The molecule has 1 aliphatic rings. The van der Waals surface area contributed by atoms with E-state index in [-0.39, 0.29) is 5.54 Å². The summed E-state index contributed by atoms with van der Waals surface area (Å²) in [4.78, 5) is 14.2. The Morgan fingerprint density at radius 1 is 0.949 bits per heavy atom. The Hall–Kier alpha value is -4.09. The van der Waals surface area contributed by atoms with Gasteiger partial charge in [-0.25, -0.2) is 9.97 Å². The third-order valence-corrected chi connectivity index (χ3v) is 7.03. The molecule has 1 saturated carbocycles. The fourth-order valence-electron chi connectivity index (χ4n) is 4.68. The second-order valence-corrected chi connectivity index (χ2v) is 9.45. The van der Waals surface area contributed by atoms with E-state index in [1.807, 2.05) is 62.4 Å². The number of nitrogens with two attached hydrogens (primary N) is 1. The molecule has 0 unspecified atom stereocenters. The minimum Gasteiger partial charge on any atom is -0.491 e. The molecule has 0 radical (unpaired) electrons. The topological polar surface area (TPSA) is 73.4 Å². The van der Waals surface area contributed by atoms with Crippen molar-refractivity contribution in [3.63, 3.8) is 0 Å². The van der Waals surface area contributed by atoms with Crippen LogP contribution in [0.15, 0.2) is 102 Å². The van der Waals surface area contributed by atoms with Gasteiger partial charge >= 0.3 is 0 Å². The second kappa shape index (κ2) is 13.1. The first-order chi connectivity index (χ1) is 19.1. The highest BCUT2D eigenvalue weighted by atomic mass is 16.5. The summed E-state index contributed by atoms with van der Waals surface area (Å²) < 4.78 is 6.20. The Kier molecular flexibility index (Phi) is 9.40. The van der Waals surface area contributed by atoms with E-state index in [9.17, 15) is 0 Å². The third kappa shape index (κ3) is 6.32. The molecule has 0 atom stereocenters. The van der Waals surface area contributed by atoms with E-state index in [0.29, 0.717) is 12.4 Å². The van der Waals surface area contributed by atoms with Crippen LogP contribution in [0.2, 0.25) is 0 Å². The van der Waals surface area contributed by atoms with Crippen molar-refractivity contribution in [2.75, 3.05) is 13.7 Å². The van der Waals surface area contributed by atoms with Crippen LogP contribution in [0.3, 0.4) is 0 Å². The van der Waals surface area contributed by atoms with E-state index >= 15 is 0 Å². The molecule has 1 aromatic heterocycles. The van der Waals surface area contributed by atoms with Crippen LogP contribution in [-0.2, 0) is 5.54 Å². The molecule has 0 aliphatic heterocycles. The number of hydrogen-bond donors (Lipinski definition) is 1. The zero-order valence-corrected chi connectivity index (χ0v) is 23.2. The molecule has 200 valence electrons. The molecule has 5 heteroatoms. The van der Waals surface area contributed by atoms with Crippen molar-refractivity contribution in [3.05, 3.63) is 103 Å². The lowest BCUT2D eigenvalue weighted by Crippen LogP contribution is -2.43. The normalized spacial score (nSPS) is 14.4. The van der Waals surface area contributed by atoms with Gasteiger partial charge in [-0.3, -0.25) is 4.99 Å². The van der Waals surface area contributed by atoms with Crippen molar-refractivity contribution in [2.24, 2.45) is 10.7 Å². The lowest BCUT2D eigenvalue weighted by atomic mass is 9.72. The number of allylic oxidation sites excluding steroid dienone is 2. The monoisotopic (exact) mass is 518 g/mol. The van der Waals surface area contributed by atoms with E-state index < -0.39 is 0 Å². The standard InChI is InChI=1S/C32H32N4O.C2H6/c1-3-23(17-21-34-2)18-22-37-28-12-7-11-27-31(28)36-30(29(35-27)24-9-5-4-6-10-24)25-13-15-26(16-14-25)32(33)19-8-20-32;1-2/h3-7,9-17,21H,1,8,18-20,22,33H2,2H3;1-2H3/b23-17+,34-21?;. The summed E-state index contributed by atoms with van der Waals surface area (Å²) in [6.45, 7) is 8.39. The number of benzene rings is 3. The summed E-state index contributed by atoms with van der Waals surface area (Å²) in [6.07, 6.45) is 9.51. The lowest BCUT2D eigenvalue weighted by molar-refractivity contribution is 0.253. The van der Waals surface area contributed by atoms with Crippen molar-refractivity contribution in [1.82, 2.24) is 9.97 Å². The van der Waals surface area contributed by atoms with Gasteiger partial charge in [0.05, 0.1) is 23.5 Å². The van der Waals surface area contributed by atoms with Gasteiger partial charge in [-0.1, -0.05) is 87.2 Å². The molecule has 1 aliphatic carbocycles. The Balaban J connectivity index is 0.00000172. The van der Waals surface area contributed by atoms with Crippen LogP contribution in [0.1, 0.15) is 45.1 Å². The SMILES string of the molecule is C=C/C(=C\C=NC)CCOc1cccc2nc(-c3ccccc3)c(-c3ccc(C4(N)CCC4)cc3)nc12.CC. The third-order valence-electron chi connectivity index (χ3n) is 7.03. The van der Waals surface area contributed by atoms with Crippen molar-refractivity contribution >= 4 is 17.2 Å². The molecule has 1 heterocycles. The first kappa shape index (κ1) is 27.9. The molecule has 39 heavy (non-hydrogen) atoms. The predicted molar refractivity (Wildman–Crippen MR) is 164 cm³/mol. The largest absolute Gasteiger partial charge is 0.491 e. The van der Waals surface area contributed by atoms with E-state index in [1.54, 1.807) is 13.3 Å². The summed E-state index contributed by atoms with van der Waals surface area (Å²) in [7, 11) is 1.75. The smallest absolute Gasteiger partial charge is 0.147 e. The number of aromatic nitrogens is 2. The van der Waals surface area contributed by atoms with Gasteiger partial charge < -0.3 is 10.5 Å². The van der Waals surface area contributed by atoms with E-state index in [1.165, 1.54) is 12.0 Å². The average Bonchev–Trinajstić information content (AvgIpc) is 2.98. The number of aliphatic imine (C=N–C) groups is 1. The molecular formula is C34H38N4O. The van der Waals surface area contributed by atoms with Crippen LogP contribution in [0.5, 0.6) is 5.75 Å². The van der Waals surface area contributed by atoms with E-state index in [2.05, 4.69) is 48.0 Å². The highest BCUT2D eigenvalue weighted by Crippen LogP contribution is 2.40. The highest BCUT2D eigenvalue weighted by molar-refractivity contribution is 5.89. The number of rotatable bonds is 9. The van der Waals surface area contributed by atoms with Crippen molar-refractivity contribution in [1.29, 1.82) is 0 Å². The van der Waals surface area contributed by atoms with Gasteiger partial charge in [0, 0.05) is 36.3 Å². The van der Waals surface area contributed by atoms with Crippen LogP contribution in [0, 0.1) is 0 Å². The maximum absolute atomic E-state index is 6.57. The Bertz CT molecular complexity index is 1450. The molecule has 5 rings (SSSR count). The molecule has 2 N–H and O–H groups in total. The van der Waals surface area contributed by atoms with Gasteiger partial charge in [-0.15, -0.1) is 0 Å². The van der Waals surface area contributed by atoms with Gasteiger partial charge in [-0.2, -0.15) is 0 Å². The number of ether oxygens (including phenoxy) is 1. The van der Waals surface area contributed by atoms with Gasteiger partial charge in [-0.05, 0) is 48.6 Å². The first-order valence-electron chi connectivity index (χ1n) is 13.7. The molecule has 0 saturated heterocycles. The number of para-hydroxylation sites is 1. The lowest BCUT2D eigenvalue weighted by Gasteiger charge is -2.38. The molecule has 0 amide bonds. The van der Waals surface area contributed by atoms with Crippen LogP contribution >= 0.6 is 0 Å². The Labute approximate surface area is 232 Å². The zero-order valence-electron chi connectivity index (χ0n) is 23.2. The highest BCUT2D eigenvalue weighted by Gasteiger charge is 2.34. The van der Waals surface area contributed by atoms with Crippen molar-refractivity contribution in [2.45, 2.75) is 45.1 Å². The predicted octanol–water partition coefficient (Wildman–Crippen LogP) is 7.91. The summed E-state index contributed by atoms with van der Waals surface area (Å²) in [5.41, 5.74) is 13.9. The maximum atomic E-state index is 6.57. The summed E-state index contributed by atoms with van der Waals surface area (Å²) in [6, 6.07) is 24.6. The molecule has 4 aromatic rings. The summed E-state index contributed by atoms with van der Waals surface area (Å²) in [5.74, 6) is 0.713. The fraction of sp³-hybridized carbons (Fsp3) is 0.265. The summed E-state index contributed by atoms with van der Waals surface area (Å²) in [5, 5.41) is 0. The van der Waals surface area contributed by atoms with Gasteiger partial charge in [0.1, 0.15) is 11.3 Å². The van der Waals surface area contributed by atoms with Crippen LogP contribution in [0.4, 0.5) is 0 Å². The minimum atomic E-state index is -0.196. The number of nitrogens with zero attached hydrogens (tertiary/aromatic N) is 3. The molecule has 3 aromatic carbocycles. The first-order valence-corrected chi connectivity index (χ1v) is 13.7. The zero-order chi connectivity index (χ0) is 27.7. The number of fused-ring (bicyclic) bond motifs is 1. The Morgan fingerprint density at radius 2 is 1.64 bits per heavy atom. The molecule has 5 nitrogen and oxygen atoms in total. The van der Waals surface area contributed by atoms with Gasteiger partial charge in [0.25, 0.3) is 0 Å². The van der Waals surface area contributed by atoms with Crippen LogP contribution < -0.4 is 10.5 Å². The second-order valence-electron chi connectivity index (χ2n) is 9.45. The van der Waals surface area contributed by atoms with E-state index in [0.717, 1.165) is 58.4 Å². The van der Waals surface area contributed by atoms with Crippen molar-refractivity contribution < 1.29 is 4.74 Å². The molecule has 0 bridgehead atoms. The Morgan fingerprint density at radius 3 is 2.28 bits per heavy atom. The van der Waals surface area contributed by atoms with Gasteiger partial charge in [0.2, 0.25) is 0 Å². The number of hydrogen-bond acceptors (Lipinski definition) is 5. The summed E-state index contributed by atoms with van der Waals surface area (Å²) >= 11 is 0.